The first kappa shape index (κ1) is 27.7. The van der Waals surface area contributed by atoms with Gasteiger partial charge in [0.15, 0.2) is 22.3 Å². The van der Waals surface area contributed by atoms with Gasteiger partial charge in [-0.15, -0.1) is 0 Å². The molecule has 1 aliphatic heterocycles. The highest BCUT2D eigenvalue weighted by Gasteiger charge is 2.32. The standard InChI is InChI=1S/C25H24Cl2F3N9O/c1-37-5-7-39(8-6-37)16-10-14(25(28,29)30)9-15(11-16)35-24-36-23-21(38(24)2)19(26)18(13-34-23)40-17(12-31)20-22(27)33-4-3-32-20/h3-4,9-13H,5-8,31H2,1-2H3,(H,34,35,36). The van der Waals surface area contributed by atoms with Crippen molar-refractivity contribution in [3.63, 3.8) is 0 Å². The molecule has 0 spiro atoms. The van der Waals surface area contributed by atoms with E-state index in [2.05, 4.69) is 30.2 Å². The van der Waals surface area contributed by atoms with Gasteiger partial charge in [-0.05, 0) is 25.2 Å². The minimum absolute atomic E-state index is 0.0772. The first-order valence-electron chi connectivity index (χ1n) is 12.1. The van der Waals surface area contributed by atoms with E-state index in [0.29, 0.717) is 24.3 Å². The Kier molecular flexibility index (Phi) is 7.62. The summed E-state index contributed by atoms with van der Waals surface area (Å²) in [6, 6.07) is 3.89. The molecule has 0 radical (unpaired) electrons. The van der Waals surface area contributed by atoms with E-state index in [1.54, 1.807) is 17.7 Å². The van der Waals surface area contributed by atoms with Crippen LogP contribution in [0.15, 0.2) is 43.0 Å². The molecule has 3 aromatic heterocycles. The number of hydrogen-bond acceptors (Lipinski definition) is 9. The maximum atomic E-state index is 13.8. The van der Waals surface area contributed by atoms with Crippen LogP contribution in [-0.2, 0) is 13.2 Å². The quantitative estimate of drug-likeness (QED) is 0.301. The molecule has 0 bridgehead atoms. The average molecular weight is 594 g/mol. The molecule has 15 heteroatoms. The summed E-state index contributed by atoms with van der Waals surface area (Å²) < 4.78 is 48.8. The molecule has 0 aliphatic carbocycles. The largest absolute Gasteiger partial charge is 0.450 e. The fourth-order valence-corrected chi connectivity index (χ4v) is 4.78. The van der Waals surface area contributed by atoms with Gasteiger partial charge in [0.25, 0.3) is 0 Å². The SMILES string of the molecule is CN1CCN(c2cc(Nc3nc4ncc(OC(=CN)c5nccnc5Cl)c(Cl)c4n3C)cc(C(F)(F)F)c2)CC1. The predicted octanol–water partition coefficient (Wildman–Crippen LogP) is 4.92. The van der Waals surface area contributed by atoms with E-state index in [1.807, 2.05) is 11.9 Å². The van der Waals surface area contributed by atoms with E-state index in [-0.39, 0.29) is 44.7 Å². The second kappa shape index (κ2) is 11.0. The van der Waals surface area contributed by atoms with Crippen LogP contribution >= 0.6 is 23.2 Å². The van der Waals surface area contributed by atoms with Gasteiger partial charge in [-0.3, -0.25) is 0 Å². The number of ether oxygens (including phenoxy) is 1. The molecular formula is C25H24Cl2F3N9O. The summed E-state index contributed by atoms with van der Waals surface area (Å²) in [5, 5.41) is 3.23. The fourth-order valence-electron chi connectivity index (χ4n) is 4.29. The highest BCUT2D eigenvalue weighted by Crippen LogP contribution is 2.38. The first-order valence-corrected chi connectivity index (χ1v) is 12.8. The number of alkyl halides is 3. The van der Waals surface area contributed by atoms with E-state index in [4.69, 9.17) is 33.7 Å². The maximum Gasteiger partial charge on any atom is 0.416 e. The number of piperazine rings is 1. The molecule has 5 rings (SSSR count). The zero-order valence-corrected chi connectivity index (χ0v) is 22.9. The van der Waals surface area contributed by atoms with Crippen molar-refractivity contribution >= 4 is 57.4 Å². The first-order chi connectivity index (χ1) is 19.0. The van der Waals surface area contributed by atoms with Crippen molar-refractivity contribution in [2.45, 2.75) is 6.18 Å². The number of benzene rings is 1. The number of pyridine rings is 1. The Morgan fingerprint density at radius 3 is 2.45 bits per heavy atom. The Bertz CT molecular complexity index is 1580. The van der Waals surface area contributed by atoms with Crippen molar-refractivity contribution < 1.29 is 17.9 Å². The van der Waals surface area contributed by atoms with Crippen LogP contribution in [0.4, 0.5) is 30.5 Å². The Morgan fingerprint density at radius 1 is 1.05 bits per heavy atom. The lowest BCUT2D eigenvalue weighted by Gasteiger charge is -2.34. The van der Waals surface area contributed by atoms with Gasteiger partial charge in [-0.1, -0.05) is 23.2 Å². The average Bonchev–Trinajstić information content (AvgIpc) is 3.24. The monoisotopic (exact) mass is 593 g/mol. The van der Waals surface area contributed by atoms with Crippen molar-refractivity contribution in [1.82, 2.24) is 29.4 Å². The smallest absolute Gasteiger partial charge is 0.416 e. The van der Waals surface area contributed by atoms with Gasteiger partial charge >= 0.3 is 6.18 Å². The molecule has 4 heterocycles. The van der Waals surface area contributed by atoms with Crippen LogP contribution < -0.4 is 20.7 Å². The molecule has 210 valence electrons. The third-order valence-corrected chi connectivity index (χ3v) is 7.07. The Hall–Kier alpha value is -3.81. The number of hydrogen-bond donors (Lipinski definition) is 2. The number of aryl methyl sites for hydroxylation is 1. The van der Waals surface area contributed by atoms with Crippen LogP contribution in [0.5, 0.6) is 5.75 Å². The highest BCUT2D eigenvalue weighted by molar-refractivity contribution is 6.36. The molecule has 0 atom stereocenters. The summed E-state index contributed by atoms with van der Waals surface area (Å²) in [5.74, 6) is 0.470. The highest BCUT2D eigenvalue weighted by atomic mass is 35.5. The van der Waals surface area contributed by atoms with Gasteiger partial charge in [0.2, 0.25) is 5.95 Å². The lowest BCUT2D eigenvalue weighted by Crippen LogP contribution is -2.44. The Morgan fingerprint density at radius 2 is 1.77 bits per heavy atom. The van der Waals surface area contributed by atoms with Gasteiger partial charge in [0, 0.05) is 63.2 Å². The molecule has 1 aromatic carbocycles. The maximum absolute atomic E-state index is 13.8. The van der Waals surface area contributed by atoms with Crippen molar-refractivity contribution in [3.8, 4) is 5.75 Å². The Balaban J connectivity index is 1.48. The molecule has 1 saturated heterocycles. The topological polar surface area (TPSA) is 110 Å². The molecule has 3 N–H and O–H groups in total. The lowest BCUT2D eigenvalue weighted by atomic mass is 10.1. The molecule has 1 aliphatic rings. The van der Waals surface area contributed by atoms with E-state index in [9.17, 15) is 13.2 Å². The van der Waals surface area contributed by atoms with Crippen LogP contribution in [0.1, 0.15) is 11.3 Å². The number of fused-ring (bicyclic) bond motifs is 1. The summed E-state index contributed by atoms with van der Waals surface area (Å²) in [4.78, 5) is 20.9. The van der Waals surface area contributed by atoms with Crippen LogP contribution in [0.25, 0.3) is 16.9 Å². The van der Waals surface area contributed by atoms with Crippen molar-refractivity contribution in [2.75, 3.05) is 43.4 Å². The fraction of sp³-hybridized carbons (Fsp3) is 0.280. The molecule has 40 heavy (non-hydrogen) atoms. The van der Waals surface area contributed by atoms with E-state index >= 15 is 0 Å². The number of aromatic nitrogens is 5. The van der Waals surface area contributed by atoms with E-state index in [1.165, 1.54) is 24.7 Å². The summed E-state index contributed by atoms with van der Waals surface area (Å²) in [5.41, 5.74) is 6.50. The molecule has 10 nitrogen and oxygen atoms in total. The number of nitrogens with two attached hydrogens (primary N) is 1. The lowest BCUT2D eigenvalue weighted by molar-refractivity contribution is -0.137. The van der Waals surface area contributed by atoms with Gasteiger partial charge in [-0.2, -0.15) is 18.2 Å². The number of nitrogens with one attached hydrogen (secondary N) is 1. The normalized spacial score (nSPS) is 15.1. The molecular weight excluding hydrogens is 570 g/mol. The number of halogens is 5. The van der Waals surface area contributed by atoms with Crippen LogP contribution in [0, 0.1) is 0 Å². The molecule has 0 saturated carbocycles. The van der Waals surface area contributed by atoms with Crippen LogP contribution in [-0.4, -0.2) is 62.6 Å². The van der Waals surface area contributed by atoms with Crippen molar-refractivity contribution in [3.05, 3.63) is 64.4 Å². The van der Waals surface area contributed by atoms with Gasteiger partial charge in [0.1, 0.15) is 16.2 Å². The molecule has 1 fully saturated rings. The van der Waals surface area contributed by atoms with Gasteiger partial charge < -0.3 is 30.2 Å². The number of imidazole rings is 1. The van der Waals surface area contributed by atoms with Crippen LogP contribution in [0.3, 0.4) is 0 Å². The number of likely N-dealkylation sites (N-methyl/N-ethyl adjacent to an activating group) is 1. The van der Waals surface area contributed by atoms with Gasteiger partial charge in [0.05, 0.1) is 11.8 Å². The van der Waals surface area contributed by atoms with Gasteiger partial charge in [-0.25, -0.2) is 15.0 Å². The summed E-state index contributed by atoms with van der Waals surface area (Å²) >= 11 is 12.8. The van der Waals surface area contributed by atoms with Crippen molar-refractivity contribution in [2.24, 2.45) is 12.8 Å². The van der Waals surface area contributed by atoms with Crippen molar-refractivity contribution in [1.29, 1.82) is 0 Å². The summed E-state index contributed by atoms with van der Waals surface area (Å²) in [6.07, 6.45) is 0.842. The molecule has 0 unspecified atom stereocenters. The molecule has 0 amide bonds. The third-order valence-electron chi connectivity index (χ3n) is 6.43. The predicted molar refractivity (Wildman–Crippen MR) is 148 cm³/mol. The third kappa shape index (κ3) is 5.58. The second-order valence-corrected chi connectivity index (χ2v) is 9.85. The minimum Gasteiger partial charge on any atom is -0.450 e. The zero-order chi connectivity index (χ0) is 28.6. The number of anilines is 3. The number of rotatable bonds is 6. The van der Waals surface area contributed by atoms with Crippen LogP contribution in [0.2, 0.25) is 10.2 Å². The summed E-state index contributed by atoms with van der Waals surface area (Å²) in [6.45, 7) is 2.74. The second-order valence-electron chi connectivity index (χ2n) is 9.11. The number of nitrogens with zero attached hydrogens (tertiary/aromatic N) is 7. The van der Waals surface area contributed by atoms with E-state index in [0.717, 1.165) is 25.4 Å². The zero-order valence-electron chi connectivity index (χ0n) is 21.4. The Labute approximate surface area is 237 Å². The summed E-state index contributed by atoms with van der Waals surface area (Å²) in [7, 11) is 3.64. The molecule has 4 aromatic rings. The minimum atomic E-state index is -4.53. The van der Waals surface area contributed by atoms with E-state index < -0.39 is 11.7 Å².